The molecule has 0 saturated carbocycles. The molecule has 1 aromatic carbocycles. The Morgan fingerprint density at radius 3 is 2.94 bits per heavy atom. The van der Waals surface area contributed by atoms with Crippen LogP contribution >= 0.6 is 0 Å². The summed E-state index contributed by atoms with van der Waals surface area (Å²) in [6, 6.07) is 8.45. The number of nitrogens with zero attached hydrogens (tertiary/aromatic N) is 3. The zero-order chi connectivity index (χ0) is 13.0. The van der Waals surface area contributed by atoms with Gasteiger partial charge in [0.2, 0.25) is 0 Å². The van der Waals surface area contributed by atoms with Gasteiger partial charge in [-0.15, -0.1) is 0 Å². The van der Waals surface area contributed by atoms with E-state index >= 15 is 0 Å². The van der Waals surface area contributed by atoms with Crippen molar-refractivity contribution in [3.8, 4) is 0 Å². The fourth-order valence-electron chi connectivity index (χ4n) is 1.71. The molecule has 18 heavy (non-hydrogen) atoms. The zero-order valence-electron chi connectivity index (χ0n) is 10.0. The van der Waals surface area contributed by atoms with Crippen molar-refractivity contribution >= 4 is 11.4 Å². The normalized spacial score (nSPS) is 10.3. The summed E-state index contributed by atoms with van der Waals surface area (Å²) in [6.45, 7) is 0.709. The van der Waals surface area contributed by atoms with Gasteiger partial charge in [0.15, 0.2) is 0 Å². The molecule has 0 atom stereocenters. The van der Waals surface area contributed by atoms with Gasteiger partial charge in [-0.2, -0.15) is 5.10 Å². The van der Waals surface area contributed by atoms with Crippen molar-refractivity contribution in [1.82, 2.24) is 9.78 Å². The number of nitro groups is 1. The first-order chi connectivity index (χ1) is 8.66. The van der Waals surface area contributed by atoms with Crippen LogP contribution in [0.25, 0.3) is 0 Å². The first-order valence-corrected chi connectivity index (χ1v) is 5.62. The molecule has 6 nitrogen and oxygen atoms in total. The highest BCUT2D eigenvalue weighted by Crippen LogP contribution is 2.16. The van der Waals surface area contributed by atoms with Gasteiger partial charge in [-0.05, 0) is 12.1 Å². The first kappa shape index (κ1) is 12.1. The van der Waals surface area contributed by atoms with Gasteiger partial charge in [0, 0.05) is 49.7 Å². The predicted octanol–water partition coefficient (Wildman–Crippen LogP) is 1.98. The van der Waals surface area contributed by atoms with E-state index in [0.29, 0.717) is 6.54 Å². The van der Waals surface area contributed by atoms with Gasteiger partial charge in [-0.3, -0.25) is 14.8 Å². The molecule has 6 heteroatoms. The number of hydrogen-bond acceptors (Lipinski definition) is 4. The predicted molar refractivity (Wildman–Crippen MR) is 68.5 cm³/mol. The lowest BCUT2D eigenvalue weighted by Crippen LogP contribution is -2.08. The van der Waals surface area contributed by atoms with Gasteiger partial charge in [0.05, 0.1) is 4.92 Å². The standard InChI is InChI=1S/C12H14N4O2/c1-15-11(6-8-14-15)5-7-13-10-3-2-4-12(9-10)16(17)18/h2-4,6,8-9,13H,5,7H2,1H3. The van der Waals surface area contributed by atoms with Crippen LogP contribution < -0.4 is 5.32 Å². The lowest BCUT2D eigenvalue weighted by Gasteiger charge is -2.06. The Balaban J connectivity index is 1.92. The Bertz CT molecular complexity index is 551. The van der Waals surface area contributed by atoms with E-state index in [-0.39, 0.29) is 5.69 Å². The van der Waals surface area contributed by atoms with E-state index in [2.05, 4.69) is 10.4 Å². The number of benzene rings is 1. The second kappa shape index (κ2) is 5.31. The van der Waals surface area contributed by atoms with Gasteiger partial charge >= 0.3 is 0 Å². The summed E-state index contributed by atoms with van der Waals surface area (Å²) in [7, 11) is 1.89. The maximum absolute atomic E-state index is 10.6. The summed E-state index contributed by atoms with van der Waals surface area (Å²) >= 11 is 0. The average molecular weight is 246 g/mol. The molecule has 0 amide bonds. The third-order valence-electron chi connectivity index (χ3n) is 2.69. The van der Waals surface area contributed by atoms with Gasteiger partial charge < -0.3 is 5.32 Å². The molecule has 1 aromatic heterocycles. The quantitative estimate of drug-likeness (QED) is 0.646. The molecule has 94 valence electrons. The number of hydrogen-bond donors (Lipinski definition) is 1. The second-order valence-corrected chi connectivity index (χ2v) is 3.93. The highest BCUT2D eigenvalue weighted by Gasteiger charge is 2.05. The fraction of sp³-hybridized carbons (Fsp3) is 0.250. The summed E-state index contributed by atoms with van der Waals surface area (Å²) in [6.07, 6.45) is 2.57. The minimum absolute atomic E-state index is 0.0977. The average Bonchev–Trinajstić information content (AvgIpc) is 2.76. The van der Waals surface area contributed by atoms with Crippen LogP contribution in [0.15, 0.2) is 36.5 Å². The minimum atomic E-state index is -0.397. The highest BCUT2D eigenvalue weighted by atomic mass is 16.6. The molecule has 2 aromatic rings. The third-order valence-corrected chi connectivity index (χ3v) is 2.69. The molecule has 0 aliphatic rings. The molecule has 0 spiro atoms. The SMILES string of the molecule is Cn1nccc1CCNc1cccc([N+](=O)[O-])c1. The maximum atomic E-state index is 10.6. The van der Waals surface area contributed by atoms with Crippen LogP contribution in [0.1, 0.15) is 5.69 Å². The molecule has 0 radical (unpaired) electrons. The monoisotopic (exact) mass is 246 g/mol. The summed E-state index contributed by atoms with van der Waals surface area (Å²) in [5.74, 6) is 0. The van der Waals surface area contributed by atoms with E-state index in [1.807, 2.05) is 23.9 Å². The topological polar surface area (TPSA) is 73.0 Å². The second-order valence-electron chi connectivity index (χ2n) is 3.93. The Labute approximate surface area is 104 Å². The lowest BCUT2D eigenvalue weighted by atomic mass is 10.2. The van der Waals surface area contributed by atoms with Crippen LogP contribution in [0.3, 0.4) is 0 Å². The number of aromatic nitrogens is 2. The molecule has 0 aliphatic heterocycles. The maximum Gasteiger partial charge on any atom is 0.271 e. The lowest BCUT2D eigenvalue weighted by molar-refractivity contribution is -0.384. The molecule has 1 N–H and O–H groups in total. The number of rotatable bonds is 5. The summed E-state index contributed by atoms with van der Waals surface area (Å²) in [4.78, 5) is 10.2. The molecule has 0 bridgehead atoms. The van der Waals surface area contributed by atoms with Crippen molar-refractivity contribution in [2.24, 2.45) is 7.05 Å². The summed E-state index contributed by atoms with van der Waals surface area (Å²) in [5.41, 5.74) is 1.97. The number of nitro benzene ring substituents is 1. The molecular formula is C12H14N4O2. The Morgan fingerprint density at radius 1 is 1.44 bits per heavy atom. The number of anilines is 1. The van der Waals surface area contributed by atoms with Crippen molar-refractivity contribution in [3.05, 3.63) is 52.3 Å². The van der Waals surface area contributed by atoms with Gasteiger partial charge in [0.1, 0.15) is 0 Å². The number of nitrogens with one attached hydrogen (secondary N) is 1. The van der Waals surface area contributed by atoms with Crippen LogP contribution in [0, 0.1) is 10.1 Å². The van der Waals surface area contributed by atoms with Crippen LogP contribution in [0.4, 0.5) is 11.4 Å². The van der Waals surface area contributed by atoms with Crippen molar-refractivity contribution in [3.63, 3.8) is 0 Å². The molecule has 0 aliphatic carbocycles. The zero-order valence-corrected chi connectivity index (χ0v) is 10.0. The van der Waals surface area contributed by atoms with Crippen molar-refractivity contribution in [2.75, 3.05) is 11.9 Å². The number of aryl methyl sites for hydroxylation is 1. The Kier molecular flexibility index (Phi) is 3.57. The van der Waals surface area contributed by atoms with E-state index in [1.165, 1.54) is 12.1 Å². The summed E-state index contributed by atoms with van der Waals surface area (Å²) in [5, 5.41) is 17.9. The first-order valence-electron chi connectivity index (χ1n) is 5.62. The highest BCUT2D eigenvalue weighted by molar-refractivity contribution is 5.50. The van der Waals surface area contributed by atoms with E-state index < -0.39 is 4.92 Å². The molecular weight excluding hydrogens is 232 g/mol. The van der Waals surface area contributed by atoms with Crippen LogP contribution in [-0.4, -0.2) is 21.2 Å². The van der Waals surface area contributed by atoms with Gasteiger partial charge in [-0.25, -0.2) is 0 Å². The van der Waals surface area contributed by atoms with Crippen molar-refractivity contribution in [1.29, 1.82) is 0 Å². The molecule has 2 rings (SSSR count). The molecule has 1 heterocycles. The van der Waals surface area contributed by atoms with Crippen LogP contribution in [0.2, 0.25) is 0 Å². The van der Waals surface area contributed by atoms with Crippen molar-refractivity contribution in [2.45, 2.75) is 6.42 Å². The largest absolute Gasteiger partial charge is 0.384 e. The van der Waals surface area contributed by atoms with Gasteiger partial charge in [0.25, 0.3) is 5.69 Å². The van der Waals surface area contributed by atoms with E-state index in [0.717, 1.165) is 17.8 Å². The molecule has 0 unspecified atom stereocenters. The Hall–Kier alpha value is -2.37. The van der Waals surface area contributed by atoms with Crippen molar-refractivity contribution < 1.29 is 4.92 Å². The smallest absolute Gasteiger partial charge is 0.271 e. The van der Waals surface area contributed by atoms with E-state index in [1.54, 1.807) is 12.3 Å². The van der Waals surface area contributed by atoms with E-state index in [9.17, 15) is 10.1 Å². The Morgan fingerprint density at radius 2 is 2.28 bits per heavy atom. The number of non-ortho nitro benzene ring substituents is 1. The third kappa shape index (κ3) is 2.85. The summed E-state index contributed by atoms with van der Waals surface area (Å²) < 4.78 is 1.81. The van der Waals surface area contributed by atoms with Crippen LogP contribution in [-0.2, 0) is 13.5 Å². The van der Waals surface area contributed by atoms with Crippen LogP contribution in [0.5, 0.6) is 0 Å². The fourth-order valence-corrected chi connectivity index (χ4v) is 1.71. The molecule has 0 fully saturated rings. The molecule has 0 saturated heterocycles. The minimum Gasteiger partial charge on any atom is -0.384 e. The van der Waals surface area contributed by atoms with E-state index in [4.69, 9.17) is 0 Å². The van der Waals surface area contributed by atoms with Gasteiger partial charge in [-0.1, -0.05) is 6.07 Å².